The van der Waals surface area contributed by atoms with Gasteiger partial charge in [-0.05, 0) is 19.1 Å². The van der Waals surface area contributed by atoms with Crippen LogP contribution in [0.5, 0.6) is 0 Å². The highest BCUT2D eigenvalue weighted by Gasteiger charge is 2.06. The van der Waals surface area contributed by atoms with Crippen LogP contribution in [0.3, 0.4) is 0 Å². The van der Waals surface area contributed by atoms with Crippen LogP contribution in [0.1, 0.15) is 16.1 Å². The van der Waals surface area contributed by atoms with Crippen molar-refractivity contribution in [2.75, 3.05) is 0 Å². The zero-order chi connectivity index (χ0) is 9.42. The van der Waals surface area contributed by atoms with Crippen LogP contribution in [0.25, 0.3) is 5.65 Å². The monoisotopic (exact) mass is 177 g/mol. The Labute approximate surface area is 73.6 Å². The van der Waals surface area contributed by atoms with E-state index in [2.05, 4.69) is 10.2 Å². The summed E-state index contributed by atoms with van der Waals surface area (Å²) in [6, 6.07) is 3.07. The van der Waals surface area contributed by atoms with Gasteiger partial charge in [0.1, 0.15) is 6.33 Å². The summed E-state index contributed by atoms with van der Waals surface area (Å²) in [4.78, 5) is 10.7. The van der Waals surface area contributed by atoms with E-state index in [4.69, 9.17) is 5.11 Å². The zero-order valence-electron chi connectivity index (χ0n) is 6.93. The molecule has 0 unspecified atom stereocenters. The maximum atomic E-state index is 10.7. The van der Waals surface area contributed by atoms with Crippen LogP contribution in [-0.2, 0) is 0 Å². The maximum absolute atomic E-state index is 10.7. The van der Waals surface area contributed by atoms with Gasteiger partial charge in [0.2, 0.25) is 0 Å². The fourth-order valence-electron chi connectivity index (χ4n) is 1.21. The van der Waals surface area contributed by atoms with Gasteiger partial charge in [0.05, 0.1) is 5.56 Å². The van der Waals surface area contributed by atoms with E-state index >= 15 is 0 Å². The third-order valence-electron chi connectivity index (χ3n) is 1.85. The Morgan fingerprint density at radius 3 is 3.00 bits per heavy atom. The third kappa shape index (κ3) is 1.14. The topological polar surface area (TPSA) is 67.5 Å². The van der Waals surface area contributed by atoms with Crippen LogP contribution in [0.15, 0.2) is 18.5 Å². The maximum Gasteiger partial charge on any atom is 0.335 e. The van der Waals surface area contributed by atoms with E-state index in [0.717, 1.165) is 5.69 Å². The van der Waals surface area contributed by atoms with Gasteiger partial charge in [-0.15, -0.1) is 10.2 Å². The number of carboxylic acids is 1. The molecule has 2 aromatic rings. The van der Waals surface area contributed by atoms with Crippen LogP contribution in [0, 0.1) is 6.92 Å². The van der Waals surface area contributed by atoms with Crippen LogP contribution in [0.4, 0.5) is 0 Å². The Morgan fingerprint density at radius 2 is 2.31 bits per heavy atom. The van der Waals surface area contributed by atoms with Gasteiger partial charge in [0, 0.05) is 5.69 Å². The lowest BCUT2D eigenvalue weighted by molar-refractivity contribution is 0.0696. The van der Waals surface area contributed by atoms with Crippen molar-refractivity contribution >= 4 is 11.6 Å². The van der Waals surface area contributed by atoms with Gasteiger partial charge >= 0.3 is 5.97 Å². The lowest BCUT2D eigenvalue weighted by Crippen LogP contribution is -2.00. The fourth-order valence-corrected chi connectivity index (χ4v) is 1.21. The second-order valence-electron chi connectivity index (χ2n) is 2.75. The highest BCUT2D eigenvalue weighted by Crippen LogP contribution is 2.08. The van der Waals surface area contributed by atoms with Crippen molar-refractivity contribution in [1.29, 1.82) is 0 Å². The highest BCUT2D eigenvalue weighted by atomic mass is 16.4. The molecule has 0 saturated heterocycles. The molecule has 0 radical (unpaired) electrons. The first-order chi connectivity index (χ1) is 6.18. The first-order valence-corrected chi connectivity index (χ1v) is 3.72. The lowest BCUT2D eigenvalue weighted by atomic mass is 10.2. The summed E-state index contributed by atoms with van der Waals surface area (Å²) < 4.78 is 1.73. The van der Waals surface area contributed by atoms with E-state index in [1.54, 1.807) is 16.8 Å². The number of carboxylic acid groups (broad SMARTS) is 1. The average Bonchev–Trinajstić information content (AvgIpc) is 2.51. The Morgan fingerprint density at radius 1 is 1.54 bits per heavy atom. The Balaban J connectivity index is 2.77. The van der Waals surface area contributed by atoms with E-state index in [0.29, 0.717) is 5.65 Å². The molecule has 0 fully saturated rings. The second-order valence-corrected chi connectivity index (χ2v) is 2.75. The second kappa shape index (κ2) is 2.55. The molecule has 2 aromatic heterocycles. The Hall–Kier alpha value is -1.91. The van der Waals surface area contributed by atoms with Gasteiger partial charge in [-0.3, -0.25) is 4.40 Å². The quantitative estimate of drug-likeness (QED) is 0.697. The number of pyridine rings is 1. The summed E-state index contributed by atoms with van der Waals surface area (Å²) in [7, 11) is 0. The SMILES string of the molecule is Cc1cc(C(=O)O)cc2nncn12. The van der Waals surface area contributed by atoms with Gasteiger partial charge in [0.15, 0.2) is 5.65 Å². The molecular weight excluding hydrogens is 170 g/mol. The van der Waals surface area contributed by atoms with Crippen molar-refractivity contribution in [2.24, 2.45) is 0 Å². The molecule has 0 atom stereocenters. The molecule has 0 bridgehead atoms. The summed E-state index contributed by atoms with van der Waals surface area (Å²) in [6.07, 6.45) is 1.55. The highest BCUT2D eigenvalue weighted by molar-refractivity contribution is 5.88. The normalized spacial score (nSPS) is 10.5. The molecule has 5 heteroatoms. The predicted octanol–water partition coefficient (Wildman–Crippen LogP) is 0.736. The molecule has 5 nitrogen and oxygen atoms in total. The van der Waals surface area contributed by atoms with E-state index in [1.165, 1.54) is 6.07 Å². The number of aromatic carboxylic acids is 1. The van der Waals surface area contributed by atoms with Crippen molar-refractivity contribution in [3.05, 3.63) is 29.7 Å². The summed E-state index contributed by atoms with van der Waals surface area (Å²) >= 11 is 0. The van der Waals surface area contributed by atoms with E-state index in [-0.39, 0.29) is 5.56 Å². The number of carbonyl (C=O) groups is 1. The Bertz CT molecular complexity index is 475. The van der Waals surface area contributed by atoms with Gasteiger partial charge in [-0.2, -0.15) is 0 Å². The molecule has 0 aliphatic rings. The minimum absolute atomic E-state index is 0.234. The van der Waals surface area contributed by atoms with Crippen molar-refractivity contribution in [3.63, 3.8) is 0 Å². The standard InChI is InChI=1S/C8H7N3O2/c1-5-2-6(8(12)13)3-7-10-9-4-11(5)7/h2-4H,1H3,(H,12,13). The number of hydrogen-bond acceptors (Lipinski definition) is 3. The molecule has 2 rings (SSSR count). The predicted molar refractivity (Wildman–Crippen MR) is 44.7 cm³/mol. The molecule has 0 amide bonds. The molecule has 0 spiro atoms. The number of hydrogen-bond donors (Lipinski definition) is 1. The molecule has 2 heterocycles. The van der Waals surface area contributed by atoms with Crippen LogP contribution < -0.4 is 0 Å². The summed E-state index contributed by atoms with van der Waals surface area (Å²) in [6.45, 7) is 1.81. The van der Waals surface area contributed by atoms with E-state index in [9.17, 15) is 4.79 Å². The third-order valence-corrected chi connectivity index (χ3v) is 1.85. The van der Waals surface area contributed by atoms with Gasteiger partial charge in [-0.1, -0.05) is 0 Å². The molecule has 66 valence electrons. The first-order valence-electron chi connectivity index (χ1n) is 3.72. The van der Waals surface area contributed by atoms with Crippen molar-refractivity contribution in [1.82, 2.24) is 14.6 Å². The number of fused-ring (bicyclic) bond motifs is 1. The van der Waals surface area contributed by atoms with E-state index in [1.807, 2.05) is 6.92 Å². The largest absolute Gasteiger partial charge is 0.478 e. The first kappa shape index (κ1) is 7.72. The molecule has 0 aliphatic carbocycles. The number of aryl methyl sites for hydroxylation is 1. The number of nitrogens with zero attached hydrogens (tertiary/aromatic N) is 3. The summed E-state index contributed by atoms with van der Waals surface area (Å²) in [5.41, 5.74) is 1.59. The Kier molecular flexibility index (Phi) is 1.51. The zero-order valence-corrected chi connectivity index (χ0v) is 6.93. The molecule has 0 aromatic carbocycles. The molecule has 1 N–H and O–H groups in total. The lowest BCUT2D eigenvalue weighted by Gasteiger charge is -1.99. The molecule has 0 aliphatic heterocycles. The minimum Gasteiger partial charge on any atom is -0.478 e. The molecular formula is C8H7N3O2. The van der Waals surface area contributed by atoms with Crippen LogP contribution >= 0.6 is 0 Å². The van der Waals surface area contributed by atoms with Crippen molar-refractivity contribution in [2.45, 2.75) is 6.92 Å². The molecule has 13 heavy (non-hydrogen) atoms. The van der Waals surface area contributed by atoms with Gasteiger partial charge in [0.25, 0.3) is 0 Å². The van der Waals surface area contributed by atoms with Crippen molar-refractivity contribution in [3.8, 4) is 0 Å². The van der Waals surface area contributed by atoms with Gasteiger partial charge < -0.3 is 5.11 Å². The van der Waals surface area contributed by atoms with Crippen LogP contribution in [0.2, 0.25) is 0 Å². The molecule has 0 saturated carbocycles. The minimum atomic E-state index is -0.950. The number of aromatic nitrogens is 3. The smallest absolute Gasteiger partial charge is 0.335 e. The van der Waals surface area contributed by atoms with Crippen LogP contribution in [-0.4, -0.2) is 25.7 Å². The van der Waals surface area contributed by atoms with E-state index < -0.39 is 5.97 Å². The summed E-state index contributed by atoms with van der Waals surface area (Å²) in [5, 5.41) is 16.2. The van der Waals surface area contributed by atoms with Gasteiger partial charge in [-0.25, -0.2) is 4.79 Å². The number of rotatable bonds is 1. The summed E-state index contributed by atoms with van der Waals surface area (Å²) in [5.74, 6) is -0.950. The van der Waals surface area contributed by atoms with Crippen molar-refractivity contribution < 1.29 is 9.90 Å². The average molecular weight is 177 g/mol. The fraction of sp³-hybridized carbons (Fsp3) is 0.125.